The van der Waals surface area contributed by atoms with E-state index in [2.05, 4.69) is 38.8 Å². The first kappa shape index (κ1) is 23.6. The molecule has 0 bridgehead atoms. The number of phenolic OH excluding ortho intramolecular Hbond substituents is 1. The van der Waals surface area contributed by atoms with Gasteiger partial charge in [-0.2, -0.15) is 0 Å². The number of aryl methyl sites for hydroxylation is 2. The van der Waals surface area contributed by atoms with Crippen molar-refractivity contribution >= 4 is 13.1 Å². The monoisotopic (exact) mass is 421 g/mol. The van der Waals surface area contributed by atoms with E-state index in [9.17, 15) is 10.00 Å². The van der Waals surface area contributed by atoms with E-state index >= 15 is 0 Å². The quantitative estimate of drug-likeness (QED) is 0.430. The Labute approximate surface area is 175 Å². The van der Waals surface area contributed by atoms with Crippen LogP contribution in [-0.4, -0.2) is 29.9 Å². The molecule has 2 aromatic rings. The van der Waals surface area contributed by atoms with Crippen LogP contribution in [0, 0.1) is 13.8 Å². The molecular weight excluding hydrogens is 385 g/mol. The van der Waals surface area contributed by atoms with Crippen LogP contribution in [0.5, 0.6) is 5.75 Å². The van der Waals surface area contributed by atoms with E-state index in [1.54, 1.807) is 12.7 Å². The van der Waals surface area contributed by atoms with Gasteiger partial charge in [0.1, 0.15) is 0 Å². The number of aromatic hydroxyl groups is 1. The average molecular weight is 422 g/mol. The average Bonchev–Trinajstić information content (AvgIpc) is 2.59. The predicted molar refractivity (Wildman–Crippen MR) is 123 cm³/mol. The van der Waals surface area contributed by atoms with Crippen LogP contribution in [0.1, 0.15) is 61.4 Å². The summed E-state index contributed by atoms with van der Waals surface area (Å²) in [6.45, 7) is 14.3. The van der Waals surface area contributed by atoms with Crippen molar-refractivity contribution in [1.29, 1.82) is 0 Å². The summed E-state index contributed by atoms with van der Waals surface area (Å²) < 4.78 is 11.3. The molecule has 0 saturated heterocycles. The number of benzene rings is 2. The molecule has 162 valence electrons. The van der Waals surface area contributed by atoms with E-state index in [0.717, 1.165) is 28.8 Å². The summed E-state index contributed by atoms with van der Waals surface area (Å²) in [5, 5.41) is 13.2. The van der Waals surface area contributed by atoms with Crippen LogP contribution >= 0.6 is 7.43 Å². The zero-order chi connectivity index (χ0) is 21.8. The number of hydrogen-bond donors (Lipinski definition) is 3. The second kappa shape index (κ2) is 9.01. The van der Waals surface area contributed by atoms with Gasteiger partial charge in [-0.05, 0) is 0 Å². The molecule has 0 saturated carbocycles. The Morgan fingerprint density at radius 3 is 2.03 bits per heavy atom. The summed E-state index contributed by atoms with van der Waals surface area (Å²) in [6.07, 6.45) is 0.781. The second-order valence-corrected chi connectivity index (χ2v) is 11.4. The molecule has 2 rings (SSSR count). The van der Waals surface area contributed by atoms with Crippen LogP contribution in [0.3, 0.4) is 0 Å². The number of anilines is 1. The Kier molecular flexibility index (Phi) is 7.34. The zero-order valence-corrected chi connectivity index (χ0v) is 19.6. The molecule has 0 aliphatic carbocycles. The summed E-state index contributed by atoms with van der Waals surface area (Å²) in [5.74, 6) is 0.615. The fourth-order valence-corrected chi connectivity index (χ4v) is 5.85. The van der Waals surface area contributed by atoms with E-state index in [-0.39, 0.29) is 5.92 Å². The van der Waals surface area contributed by atoms with Crippen LogP contribution in [-0.2, 0) is 15.5 Å². The molecule has 0 aliphatic rings. The predicted octanol–water partition coefficient (Wildman–Crippen LogP) is 6.04. The number of phenols is 1. The molecule has 5 nitrogen and oxygen atoms in total. The topological polar surface area (TPSA) is 71.0 Å². The van der Waals surface area contributed by atoms with Gasteiger partial charge in [-0.3, -0.25) is 0 Å². The zero-order valence-electron chi connectivity index (χ0n) is 18.7. The Morgan fingerprint density at radius 2 is 1.55 bits per heavy atom. The summed E-state index contributed by atoms with van der Waals surface area (Å²) in [4.78, 5) is 11.1. The van der Waals surface area contributed by atoms with Gasteiger partial charge in [-0.15, -0.1) is 0 Å². The first-order valence-electron chi connectivity index (χ1n) is 10.2. The van der Waals surface area contributed by atoms with Crippen LogP contribution in [0.4, 0.5) is 5.69 Å². The number of nitrogens with one attached hydrogen (secondary N) is 1. The van der Waals surface area contributed by atoms with Crippen molar-refractivity contribution in [1.82, 2.24) is 0 Å². The summed E-state index contributed by atoms with van der Waals surface area (Å²) >= 11 is 0. The van der Waals surface area contributed by atoms with Crippen LogP contribution < -0.4 is 5.09 Å². The van der Waals surface area contributed by atoms with Crippen molar-refractivity contribution in [3.63, 3.8) is 0 Å². The van der Waals surface area contributed by atoms with Crippen molar-refractivity contribution < 1.29 is 19.0 Å². The van der Waals surface area contributed by atoms with Gasteiger partial charge in [0.05, 0.1) is 0 Å². The van der Waals surface area contributed by atoms with Crippen LogP contribution in [0.15, 0.2) is 30.3 Å². The van der Waals surface area contributed by atoms with E-state index < -0.39 is 7.43 Å². The van der Waals surface area contributed by atoms with E-state index in [0.29, 0.717) is 19.0 Å². The number of rotatable bonds is 9. The molecule has 3 N–H and O–H groups in total. The third kappa shape index (κ3) is 5.93. The normalized spacial score (nSPS) is 13.3. The van der Waals surface area contributed by atoms with Gasteiger partial charge in [0.25, 0.3) is 0 Å². The molecule has 0 fully saturated rings. The first-order chi connectivity index (χ1) is 13.5. The van der Waals surface area contributed by atoms with Gasteiger partial charge in [-0.1, -0.05) is 0 Å². The number of hydrogen-bond acceptors (Lipinski definition) is 5. The van der Waals surface area contributed by atoms with Gasteiger partial charge in [-0.25, -0.2) is 0 Å². The molecule has 6 heteroatoms. The summed E-state index contributed by atoms with van der Waals surface area (Å²) in [5.41, 5.74) is 6.39. The molecule has 0 unspecified atom stereocenters. The SMILES string of the molecule is CCOP(C)(O)(Nc1cc(C)c(Cc2ccc(O)c(C(C)C)c2)c(C)c1)OCC. The molecular formula is C23H36NO4P. The van der Waals surface area contributed by atoms with Crippen molar-refractivity contribution in [2.75, 3.05) is 25.0 Å². The Balaban J connectivity index is 2.34. The van der Waals surface area contributed by atoms with Crippen molar-refractivity contribution in [2.24, 2.45) is 0 Å². The second-order valence-electron chi connectivity index (χ2n) is 8.07. The first-order valence-corrected chi connectivity index (χ1v) is 12.7. The van der Waals surface area contributed by atoms with E-state index in [1.807, 2.05) is 32.0 Å². The van der Waals surface area contributed by atoms with E-state index in [4.69, 9.17) is 9.05 Å². The third-order valence-electron chi connectivity index (χ3n) is 5.04. The Bertz CT molecular complexity index is 831. The standard InChI is InChI=1S/C23H36NO4P/c1-8-27-29(7,26,28-9-2)24-20-12-17(5)22(18(6)13-20)15-19-10-11-23(25)21(14-19)16(3)4/h10-14,16,24-26H,8-9,15H2,1-7H3. The fraction of sp³-hybridized carbons (Fsp3) is 0.478. The van der Waals surface area contributed by atoms with Crippen molar-refractivity contribution in [3.05, 3.63) is 58.1 Å². The fourth-order valence-electron chi connectivity index (χ4n) is 3.72. The summed E-state index contributed by atoms with van der Waals surface area (Å²) in [6, 6.07) is 9.88. The molecule has 0 aromatic heterocycles. The van der Waals surface area contributed by atoms with Crippen molar-refractivity contribution in [3.8, 4) is 5.75 Å². The molecule has 0 radical (unpaired) electrons. The van der Waals surface area contributed by atoms with Crippen molar-refractivity contribution in [2.45, 2.75) is 53.9 Å². The minimum absolute atomic E-state index is 0.268. The van der Waals surface area contributed by atoms with Gasteiger partial charge in [0.15, 0.2) is 0 Å². The molecule has 2 aromatic carbocycles. The molecule has 29 heavy (non-hydrogen) atoms. The van der Waals surface area contributed by atoms with E-state index in [1.165, 1.54) is 11.1 Å². The van der Waals surface area contributed by atoms with Gasteiger partial charge < -0.3 is 0 Å². The van der Waals surface area contributed by atoms with Crippen LogP contribution in [0.25, 0.3) is 0 Å². The van der Waals surface area contributed by atoms with Gasteiger partial charge in [0.2, 0.25) is 0 Å². The maximum absolute atomic E-state index is 11.1. The van der Waals surface area contributed by atoms with Gasteiger partial charge in [0, 0.05) is 0 Å². The molecule has 0 heterocycles. The molecule has 0 amide bonds. The Morgan fingerprint density at radius 1 is 1.00 bits per heavy atom. The maximum atomic E-state index is 11.1. The van der Waals surface area contributed by atoms with Gasteiger partial charge >= 0.3 is 175 Å². The molecule has 0 aliphatic heterocycles. The molecule has 0 spiro atoms. The summed E-state index contributed by atoms with van der Waals surface area (Å²) in [7, 11) is -3.91. The minimum atomic E-state index is -3.91. The Hall–Kier alpha value is -1.65. The molecule has 0 atom stereocenters. The third-order valence-corrected chi connectivity index (χ3v) is 7.54. The van der Waals surface area contributed by atoms with Crippen LogP contribution in [0.2, 0.25) is 0 Å².